The van der Waals surface area contributed by atoms with Crippen molar-refractivity contribution in [3.05, 3.63) is 11.6 Å². The molecule has 68 valence electrons. The number of halogens is 1. The van der Waals surface area contributed by atoms with E-state index in [9.17, 15) is 0 Å². The molecule has 0 N–H and O–H groups in total. The van der Waals surface area contributed by atoms with E-state index in [-0.39, 0.29) is 0 Å². The van der Waals surface area contributed by atoms with Crippen molar-refractivity contribution in [1.82, 2.24) is 0 Å². The number of rotatable bonds is 1. The monoisotopic (exact) mass is 228 g/mol. The zero-order chi connectivity index (χ0) is 8.44. The molecule has 1 spiro atoms. The molecule has 0 radical (unpaired) electrons. The van der Waals surface area contributed by atoms with Crippen LogP contribution in [-0.4, -0.2) is 5.33 Å². The minimum absolute atomic E-state index is 0.654. The topological polar surface area (TPSA) is 0 Å². The summed E-state index contributed by atoms with van der Waals surface area (Å²) in [4.78, 5) is 0. The molecule has 0 heterocycles. The van der Waals surface area contributed by atoms with Crippen LogP contribution in [-0.2, 0) is 0 Å². The van der Waals surface area contributed by atoms with Gasteiger partial charge in [0.15, 0.2) is 0 Å². The Bertz CT molecular complexity index is 187. The van der Waals surface area contributed by atoms with Crippen molar-refractivity contribution >= 4 is 15.9 Å². The fraction of sp³-hybridized carbons (Fsp3) is 0.818. The molecule has 0 aliphatic heterocycles. The first kappa shape index (κ1) is 8.80. The van der Waals surface area contributed by atoms with Crippen LogP contribution in [0.2, 0.25) is 0 Å². The number of allylic oxidation sites excluding steroid dienone is 2. The van der Waals surface area contributed by atoms with Gasteiger partial charge in [-0.15, -0.1) is 0 Å². The molecule has 0 bridgehead atoms. The van der Waals surface area contributed by atoms with E-state index in [2.05, 4.69) is 22.0 Å². The first-order valence-electron chi connectivity index (χ1n) is 5.11. The Morgan fingerprint density at radius 1 is 1.17 bits per heavy atom. The molecule has 12 heavy (non-hydrogen) atoms. The summed E-state index contributed by atoms with van der Waals surface area (Å²) in [6.07, 6.45) is 12.7. The molecular formula is C11H17Br. The fourth-order valence-corrected chi connectivity index (χ4v) is 3.18. The van der Waals surface area contributed by atoms with E-state index in [1.54, 1.807) is 5.57 Å². The van der Waals surface area contributed by atoms with Gasteiger partial charge in [0.05, 0.1) is 0 Å². The Labute approximate surface area is 83.6 Å². The Morgan fingerprint density at radius 3 is 2.50 bits per heavy atom. The van der Waals surface area contributed by atoms with Gasteiger partial charge in [-0.2, -0.15) is 0 Å². The van der Waals surface area contributed by atoms with Gasteiger partial charge in [-0.1, -0.05) is 46.8 Å². The van der Waals surface area contributed by atoms with Gasteiger partial charge in [0, 0.05) is 5.33 Å². The predicted octanol–water partition coefficient (Wildman–Crippen LogP) is 4.05. The molecule has 0 saturated heterocycles. The molecule has 2 rings (SSSR count). The summed E-state index contributed by atoms with van der Waals surface area (Å²) in [7, 11) is 0. The lowest BCUT2D eigenvalue weighted by Gasteiger charge is -2.31. The van der Waals surface area contributed by atoms with Crippen LogP contribution >= 0.6 is 15.9 Å². The van der Waals surface area contributed by atoms with E-state index in [0.29, 0.717) is 5.41 Å². The van der Waals surface area contributed by atoms with E-state index in [1.807, 2.05) is 0 Å². The Balaban J connectivity index is 2.06. The second kappa shape index (κ2) is 3.53. The van der Waals surface area contributed by atoms with Gasteiger partial charge in [-0.25, -0.2) is 0 Å². The maximum Gasteiger partial charge on any atom is 0.0242 e. The first-order valence-corrected chi connectivity index (χ1v) is 6.23. The van der Waals surface area contributed by atoms with E-state index >= 15 is 0 Å². The maximum absolute atomic E-state index is 3.56. The van der Waals surface area contributed by atoms with Gasteiger partial charge < -0.3 is 0 Å². The second-order valence-electron chi connectivity index (χ2n) is 4.36. The highest BCUT2D eigenvalue weighted by Crippen LogP contribution is 2.47. The summed E-state index contributed by atoms with van der Waals surface area (Å²) < 4.78 is 0. The zero-order valence-electron chi connectivity index (χ0n) is 7.61. The van der Waals surface area contributed by atoms with Crippen LogP contribution in [0.4, 0.5) is 0 Å². The molecular weight excluding hydrogens is 212 g/mol. The Morgan fingerprint density at radius 2 is 1.92 bits per heavy atom. The van der Waals surface area contributed by atoms with Crippen molar-refractivity contribution < 1.29 is 0 Å². The van der Waals surface area contributed by atoms with E-state index in [0.717, 1.165) is 5.33 Å². The molecule has 2 aliphatic carbocycles. The highest BCUT2D eigenvalue weighted by molar-refractivity contribution is 9.09. The number of hydrogen-bond donors (Lipinski definition) is 0. The van der Waals surface area contributed by atoms with Crippen LogP contribution in [0, 0.1) is 5.41 Å². The summed E-state index contributed by atoms with van der Waals surface area (Å²) in [5, 5.41) is 1.11. The summed E-state index contributed by atoms with van der Waals surface area (Å²) in [5.41, 5.74) is 2.30. The van der Waals surface area contributed by atoms with Crippen molar-refractivity contribution in [3.8, 4) is 0 Å². The lowest BCUT2D eigenvalue weighted by molar-refractivity contribution is 0.254. The Hall–Kier alpha value is 0.220. The first-order chi connectivity index (χ1) is 5.85. The SMILES string of the molecule is BrCC1=CC2(CCCCC2)CC1. The zero-order valence-corrected chi connectivity index (χ0v) is 9.20. The van der Waals surface area contributed by atoms with Crippen molar-refractivity contribution in [2.45, 2.75) is 44.9 Å². The minimum atomic E-state index is 0.654. The quantitative estimate of drug-likeness (QED) is 0.470. The molecule has 1 heteroatoms. The molecule has 1 saturated carbocycles. The van der Waals surface area contributed by atoms with Gasteiger partial charge in [0.25, 0.3) is 0 Å². The summed E-state index contributed by atoms with van der Waals surface area (Å²) in [6, 6.07) is 0. The van der Waals surface area contributed by atoms with Gasteiger partial charge in [0.1, 0.15) is 0 Å². The summed E-state index contributed by atoms with van der Waals surface area (Å²) in [6.45, 7) is 0. The van der Waals surface area contributed by atoms with Gasteiger partial charge in [-0.05, 0) is 31.1 Å². The summed E-state index contributed by atoms with van der Waals surface area (Å²) in [5.74, 6) is 0. The number of alkyl halides is 1. The molecule has 0 aromatic heterocycles. The van der Waals surface area contributed by atoms with Crippen molar-refractivity contribution in [1.29, 1.82) is 0 Å². The lowest BCUT2D eigenvalue weighted by Crippen LogP contribution is -2.18. The normalized spacial score (nSPS) is 27.6. The van der Waals surface area contributed by atoms with Gasteiger partial charge in [0.2, 0.25) is 0 Å². The van der Waals surface area contributed by atoms with Crippen LogP contribution in [0.25, 0.3) is 0 Å². The van der Waals surface area contributed by atoms with Gasteiger partial charge in [-0.3, -0.25) is 0 Å². The van der Waals surface area contributed by atoms with E-state index in [4.69, 9.17) is 0 Å². The highest BCUT2D eigenvalue weighted by Gasteiger charge is 2.33. The predicted molar refractivity (Wildman–Crippen MR) is 56.6 cm³/mol. The molecule has 0 unspecified atom stereocenters. The third-order valence-corrected chi connectivity index (χ3v) is 4.20. The highest BCUT2D eigenvalue weighted by atomic mass is 79.9. The molecule has 1 fully saturated rings. The molecule has 0 nitrogen and oxygen atoms in total. The molecule has 0 amide bonds. The maximum atomic E-state index is 3.56. The fourth-order valence-electron chi connectivity index (χ4n) is 2.74. The average molecular weight is 229 g/mol. The van der Waals surface area contributed by atoms with Crippen molar-refractivity contribution in [2.75, 3.05) is 5.33 Å². The Kier molecular flexibility index (Phi) is 2.59. The summed E-state index contributed by atoms with van der Waals surface area (Å²) >= 11 is 3.56. The van der Waals surface area contributed by atoms with Crippen LogP contribution in [0.5, 0.6) is 0 Å². The molecule has 0 aromatic rings. The van der Waals surface area contributed by atoms with E-state index in [1.165, 1.54) is 44.9 Å². The largest absolute Gasteiger partial charge is 0.0880 e. The van der Waals surface area contributed by atoms with Crippen LogP contribution < -0.4 is 0 Å². The van der Waals surface area contributed by atoms with Crippen molar-refractivity contribution in [3.63, 3.8) is 0 Å². The molecule has 0 atom stereocenters. The minimum Gasteiger partial charge on any atom is -0.0880 e. The van der Waals surface area contributed by atoms with Crippen LogP contribution in [0.1, 0.15) is 44.9 Å². The standard InChI is InChI=1S/C11H17Br/c12-9-10-4-7-11(8-10)5-2-1-3-6-11/h8H,1-7,9H2. The lowest BCUT2D eigenvalue weighted by atomic mass is 9.74. The van der Waals surface area contributed by atoms with Gasteiger partial charge >= 0.3 is 0 Å². The third kappa shape index (κ3) is 1.61. The second-order valence-corrected chi connectivity index (χ2v) is 4.92. The van der Waals surface area contributed by atoms with Crippen molar-refractivity contribution in [2.24, 2.45) is 5.41 Å². The van der Waals surface area contributed by atoms with E-state index < -0.39 is 0 Å². The number of hydrogen-bond acceptors (Lipinski definition) is 0. The third-order valence-electron chi connectivity index (χ3n) is 3.48. The molecule has 2 aliphatic rings. The average Bonchev–Trinajstić information content (AvgIpc) is 2.50. The van der Waals surface area contributed by atoms with Crippen LogP contribution in [0.3, 0.4) is 0 Å². The van der Waals surface area contributed by atoms with Crippen LogP contribution in [0.15, 0.2) is 11.6 Å². The smallest absolute Gasteiger partial charge is 0.0242 e. The molecule has 0 aromatic carbocycles.